The molecule has 0 atom stereocenters. The number of nitrogens with one attached hydrogen (secondary N) is 1. The van der Waals surface area contributed by atoms with Gasteiger partial charge in [0, 0.05) is 11.8 Å². The zero-order valence-corrected chi connectivity index (χ0v) is 16.6. The summed E-state index contributed by atoms with van der Waals surface area (Å²) in [5.74, 6) is 0.645. The van der Waals surface area contributed by atoms with E-state index in [9.17, 15) is 4.79 Å². The van der Waals surface area contributed by atoms with E-state index < -0.39 is 6.03 Å². The third kappa shape index (κ3) is 3.51. The molecule has 0 aliphatic rings. The number of urea groups is 1. The smallest absolute Gasteiger partial charge is 0.338 e. The van der Waals surface area contributed by atoms with Gasteiger partial charge in [0.05, 0.1) is 23.7 Å². The molecule has 0 saturated carbocycles. The number of fused-ring (bicyclic) bond motifs is 1. The molecule has 28 heavy (non-hydrogen) atoms. The van der Waals surface area contributed by atoms with Gasteiger partial charge < -0.3 is 10.1 Å². The predicted molar refractivity (Wildman–Crippen MR) is 116 cm³/mol. The first-order valence-electron chi connectivity index (χ1n) is 8.40. The predicted octanol–water partition coefficient (Wildman–Crippen LogP) is 5.25. The van der Waals surface area contributed by atoms with Crippen LogP contribution in [0.15, 0.2) is 67.0 Å². The molecule has 0 radical (unpaired) electrons. The van der Waals surface area contributed by atoms with Crippen molar-refractivity contribution in [3.05, 3.63) is 67.0 Å². The first-order chi connectivity index (χ1) is 13.7. The Hall–Kier alpha value is -3.10. The van der Waals surface area contributed by atoms with Gasteiger partial charge in [-0.05, 0) is 29.8 Å². The molecule has 0 spiro atoms. The van der Waals surface area contributed by atoms with Crippen molar-refractivity contribution in [3.63, 3.8) is 0 Å². The number of thiol groups is 1. The molecular formula is C20H16N4O2S2. The molecule has 2 aromatic carbocycles. The molecule has 140 valence electrons. The van der Waals surface area contributed by atoms with E-state index in [0.29, 0.717) is 22.1 Å². The summed E-state index contributed by atoms with van der Waals surface area (Å²) in [6.45, 7) is 0. The van der Waals surface area contributed by atoms with Gasteiger partial charge in [-0.3, -0.25) is 4.98 Å². The van der Waals surface area contributed by atoms with Crippen LogP contribution in [0, 0.1) is 0 Å². The number of amides is 2. The number of pyridine rings is 1. The van der Waals surface area contributed by atoms with Crippen molar-refractivity contribution >= 4 is 51.2 Å². The number of hydrogen-bond acceptors (Lipinski definition) is 6. The van der Waals surface area contributed by atoms with Crippen LogP contribution in [0.4, 0.5) is 15.6 Å². The molecule has 0 aliphatic carbocycles. The zero-order chi connectivity index (χ0) is 19.5. The van der Waals surface area contributed by atoms with Crippen LogP contribution >= 0.6 is 24.2 Å². The van der Waals surface area contributed by atoms with Crippen molar-refractivity contribution in [2.24, 2.45) is 0 Å². The number of ether oxygens (including phenoxy) is 1. The van der Waals surface area contributed by atoms with Crippen LogP contribution in [0.3, 0.4) is 0 Å². The van der Waals surface area contributed by atoms with Crippen LogP contribution in [0.5, 0.6) is 5.75 Å². The van der Waals surface area contributed by atoms with Gasteiger partial charge in [0.25, 0.3) is 0 Å². The highest BCUT2D eigenvalue weighted by atomic mass is 32.1. The Kier molecular flexibility index (Phi) is 5.14. The number of nitrogens with zero attached hydrogens (tertiary/aromatic N) is 3. The first kappa shape index (κ1) is 18.3. The monoisotopic (exact) mass is 408 g/mol. The highest BCUT2D eigenvalue weighted by Crippen LogP contribution is 2.41. The van der Waals surface area contributed by atoms with E-state index in [4.69, 9.17) is 4.74 Å². The summed E-state index contributed by atoms with van der Waals surface area (Å²) in [6, 6.07) is 17.0. The molecule has 4 aromatic rings. The fourth-order valence-corrected chi connectivity index (χ4v) is 4.02. The van der Waals surface area contributed by atoms with E-state index in [1.807, 2.05) is 42.5 Å². The van der Waals surface area contributed by atoms with Crippen LogP contribution in [-0.2, 0) is 0 Å². The van der Waals surface area contributed by atoms with E-state index in [1.54, 1.807) is 31.6 Å². The van der Waals surface area contributed by atoms with Crippen LogP contribution < -0.4 is 14.4 Å². The number of thiazole rings is 1. The summed E-state index contributed by atoms with van der Waals surface area (Å²) in [5, 5.41) is 3.19. The normalized spacial score (nSPS) is 10.6. The average molecular weight is 409 g/mol. The van der Waals surface area contributed by atoms with Crippen molar-refractivity contribution < 1.29 is 9.53 Å². The number of carbonyl (C=O) groups excluding carboxylic acids is 1. The highest BCUT2D eigenvalue weighted by molar-refractivity contribution is 7.83. The summed E-state index contributed by atoms with van der Waals surface area (Å²) in [5.41, 5.74) is 3.36. The van der Waals surface area contributed by atoms with Crippen LogP contribution in [0.25, 0.3) is 21.3 Å². The molecule has 2 heterocycles. The van der Waals surface area contributed by atoms with Gasteiger partial charge in [-0.15, -0.1) is 0 Å². The lowest BCUT2D eigenvalue weighted by molar-refractivity contribution is 0.260. The minimum atomic E-state index is -0.421. The molecule has 0 fully saturated rings. The van der Waals surface area contributed by atoms with Gasteiger partial charge in [-0.1, -0.05) is 54.5 Å². The SMILES string of the molecule is COc1ccc(-c2ccccc2)c2sc(N(S)C(=O)Nc3cccnc3)nc12. The summed E-state index contributed by atoms with van der Waals surface area (Å²) < 4.78 is 7.57. The average Bonchev–Trinajstić information content (AvgIpc) is 3.19. The van der Waals surface area contributed by atoms with Crippen molar-refractivity contribution in [3.8, 4) is 16.9 Å². The topological polar surface area (TPSA) is 67.3 Å². The fourth-order valence-electron chi connectivity index (χ4n) is 2.77. The molecule has 2 aromatic heterocycles. The number of hydrogen-bond donors (Lipinski definition) is 2. The zero-order valence-electron chi connectivity index (χ0n) is 14.9. The van der Waals surface area contributed by atoms with Gasteiger partial charge >= 0.3 is 6.03 Å². The second kappa shape index (κ2) is 7.87. The molecule has 0 aliphatic heterocycles. The number of aromatic nitrogens is 2. The van der Waals surface area contributed by atoms with Crippen LogP contribution in [0.1, 0.15) is 0 Å². The van der Waals surface area contributed by atoms with E-state index >= 15 is 0 Å². The van der Waals surface area contributed by atoms with Gasteiger partial charge in [-0.2, -0.15) is 0 Å². The van der Waals surface area contributed by atoms with Gasteiger partial charge in [0.1, 0.15) is 11.3 Å². The summed E-state index contributed by atoms with van der Waals surface area (Å²) in [4.78, 5) is 21.1. The molecule has 1 N–H and O–H groups in total. The third-order valence-electron chi connectivity index (χ3n) is 4.09. The lowest BCUT2D eigenvalue weighted by Gasteiger charge is -2.12. The van der Waals surface area contributed by atoms with Gasteiger partial charge in [-0.25, -0.2) is 14.1 Å². The van der Waals surface area contributed by atoms with Crippen LogP contribution in [0.2, 0.25) is 0 Å². The van der Waals surface area contributed by atoms with E-state index in [1.165, 1.54) is 15.6 Å². The third-order valence-corrected chi connectivity index (χ3v) is 5.67. The Morgan fingerprint density at radius 3 is 2.68 bits per heavy atom. The second-order valence-corrected chi connectivity index (χ2v) is 7.22. The van der Waals surface area contributed by atoms with Crippen molar-refractivity contribution in [2.75, 3.05) is 16.7 Å². The minimum absolute atomic E-state index is 0.421. The number of anilines is 2. The highest BCUT2D eigenvalue weighted by Gasteiger charge is 2.20. The molecule has 8 heteroatoms. The number of rotatable bonds is 4. The first-order valence-corrected chi connectivity index (χ1v) is 9.62. The van der Waals surface area contributed by atoms with E-state index in [0.717, 1.165) is 15.8 Å². The Morgan fingerprint density at radius 2 is 1.96 bits per heavy atom. The van der Waals surface area contributed by atoms with Gasteiger partial charge in [0.2, 0.25) is 5.13 Å². The van der Waals surface area contributed by atoms with Crippen molar-refractivity contribution in [1.29, 1.82) is 0 Å². The standard InChI is InChI=1S/C20H16N4O2S2/c1-26-16-10-9-15(13-6-3-2-4-7-13)18-17(16)23-20(28-18)24(27)19(25)22-14-8-5-11-21-12-14/h2-12,27H,1H3,(H,22,25). The van der Waals surface area contributed by atoms with E-state index in [-0.39, 0.29) is 0 Å². The Labute approximate surface area is 171 Å². The van der Waals surface area contributed by atoms with Crippen molar-refractivity contribution in [1.82, 2.24) is 9.97 Å². The lowest BCUT2D eigenvalue weighted by Crippen LogP contribution is -2.26. The van der Waals surface area contributed by atoms with Gasteiger partial charge in [0.15, 0.2) is 0 Å². The molecule has 4 rings (SSSR count). The second-order valence-electron chi connectivity index (χ2n) is 5.84. The quantitative estimate of drug-likeness (QED) is 0.453. The van der Waals surface area contributed by atoms with Crippen molar-refractivity contribution in [2.45, 2.75) is 0 Å². The molecular weight excluding hydrogens is 392 g/mol. The Balaban J connectivity index is 1.73. The largest absolute Gasteiger partial charge is 0.494 e. The molecule has 2 amide bonds. The van der Waals surface area contributed by atoms with Crippen LogP contribution in [-0.4, -0.2) is 23.1 Å². The molecule has 6 nitrogen and oxygen atoms in total. The fraction of sp³-hybridized carbons (Fsp3) is 0.0500. The number of methoxy groups -OCH3 is 1. The Bertz CT molecular complexity index is 1120. The Morgan fingerprint density at radius 1 is 1.14 bits per heavy atom. The number of carbonyl (C=O) groups is 1. The maximum Gasteiger partial charge on any atom is 0.338 e. The van der Waals surface area contributed by atoms with E-state index in [2.05, 4.69) is 28.1 Å². The number of benzene rings is 2. The lowest BCUT2D eigenvalue weighted by atomic mass is 10.1. The maximum atomic E-state index is 12.5. The molecule has 0 bridgehead atoms. The minimum Gasteiger partial charge on any atom is -0.494 e. The summed E-state index contributed by atoms with van der Waals surface area (Å²) in [7, 11) is 1.60. The maximum absolute atomic E-state index is 12.5. The summed E-state index contributed by atoms with van der Waals surface area (Å²) >= 11 is 5.73. The molecule has 0 saturated heterocycles. The summed E-state index contributed by atoms with van der Waals surface area (Å²) in [6.07, 6.45) is 3.20. The molecule has 0 unspecified atom stereocenters.